The first-order valence-electron chi connectivity index (χ1n) is 11.2. The molecule has 0 radical (unpaired) electrons. The van der Waals surface area contributed by atoms with Crippen molar-refractivity contribution in [3.05, 3.63) is 74.5 Å². The Morgan fingerprint density at radius 3 is 2.62 bits per heavy atom. The van der Waals surface area contributed by atoms with Crippen molar-refractivity contribution < 1.29 is 18.3 Å². The molecule has 0 spiro atoms. The van der Waals surface area contributed by atoms with Crippen LogP contribution in [0.1, 0.15) is 51.9 Å². The minimum atomic E-state index is -0.650. The zero-order valence-corrected chi connectivity index (χ0v) is 19.9. The zero-order valence-electron chi connectivity index (χ0n) is 18.3. The van der Waals surface area contributed by atoms with Gasteiger partial charge in [-0.15, -0.1) is 0 Å². The van der Waals surface area contributed by atoms with Crippen LogP contribution in [0.25, 0.3) is 5.57 Å². The number of fused-ring (bicyclic) bond motifs is 1. The normalized spacial score (nSPS) is 17.0. The molecular weight excluding hydrogens is 476 g/mol. The maximum absolute atomic E-state index is 14.8. The third kappa shape index (κ3) is 4.96. The predicted octanol–water partition coefficient (Wildman–Crippen LogP) is 5.94. The van der Waals surface area contributed by atoms with E-state index in [-0.39, 0.29) is 12.2 Å². The molecule has 1 saturated heterocycles. The summed E-state index contributed by atoms with van der Waals surface area (Å²) < 4.78 is 32.9. The van der Waals surface area contributed by atoms with E-state index in [1.54, 1.807) is 6.07 Å². The molecule has 2 aliphatic rings. The van der Waals surface area contributed by atoms with Crippen LogP contribution in [0.15, 0.2) is 40.9 Å². The fourth-order valence-electron chi connectivity index (χ4n) is 4.75. The van der Waals surface area contributed by atoms with Crippen LogP contribution >= 0.6 is 15.9 Å². The van der Waals surface area contributed by atoms with Gasteiger partial charge < -0.3 is 9.64 Å². The van der Waals surface area contributed by atoms with Crippen LogP contribution in [0.5, 0.6) is 0 Å². The maximum Gasteiger partial charge on any atom is 0.340 e. The van der Waals surface area contributed by atoms with E-state index in [0.29, 0.717) is 12.3 Å². The lowest BCUT2D eigenvalue weighted by Crippen LogP contribution is -2.47. The monoisotopic (exact) mass is 503 g/mol. The van der Waals surface area contributed by atoms with E-state index in [0.717, 1.165) is 72.1 Å². The van der Waals surface area contributed by atoms with E-state index in [1.807, 2.05) is 0 Å². The van der Waals surface area contributed by atoms with Gasteiger partial charge in [-0.3, -0.25) is 4.39 Å². The average molecular weight is 504 g/mol. The van der Waals surface area contributed by atoms with Crippen molar-refractivity contribution >= 4 is 27.5 Å². The Kier molecular flexibility index (Phi) is 7.41. The Balaban J connectivity index is 1.54. The van der Waals surface area contributed by atoms with Gasteiger partial charge in [0.2, 0.25) is 0 Å². The van der Waals surface area contributed by atoms with Crippen molar-refractivity contribution in [1.82, 2.24) is 4.90 Å². The first-order valence-corrected chi connectivity index (χ1v) is 12.0. The van der Waals surface area contributed by atoms with Gasteiger partial charge in [0, 0.05) is 24.1 Å². The number of esters is 1. The number of ether oxygens (including phenoxy) is 1. The molecule has 0 saturated carbocycles. The maximum atomic E-state index is 14.8. The van der Waals surface area contributed by atoms with Crippen LogP contribution in [0.3, 0.4) is 0 Å². The largest absolute Gasteiger partial charge is 0.465 e. The SMILES string of the molecule is COC(=O)c1cc2c(cc1F)C(c1ccc(CC3CN(CCCF)C3)cc1)=C(Br)CCC2. The molecule has 32 heavy (non-hydrogen) atoms. The lowest BCUT2D eigenvalue weighted by atomic mass is 9.89. The second-order valence-electron chi connectivity index (χ2n) is 8.68. The molecule has 0 unspecified atom stereocenters. The smallest absolute Gasteiger partial charge is 0.340 e. The van der Waals surface area contributed by atoms with Gasteiger partial charge in [0.1, 0.15) is 5.82 Å². The predicted molar refractivity (Wildman–Crippen MR) is 126 cm³/mol. The highest BCUT2D eigenvalue weighted by atomic mass is 79.9. The zero-order chi connectivity index (χ0) is 22.7. The number of rotatable bonds is 7. The molecular formula is C26H28BrF2NO2. The summed E-state index contributed by atoms with van der Waals surface area (Å²) in [4.78, 5) is 14.3. The van der Waals surface area contributed by atoms with Crippen molar-refractivity contribution in [3.8, 4) is 0 Å². The first kappa shape index (κ1) is 23.1. The van der Waals surface area contributed by atoms with Crippen molar-refractivity contribution in [2.24, 2.45) is 5.92 Å². The van der Waals surface area contributed by atoms with E-state index >= 15 is 0 Å². The number of carbonyl (C=O) groups excluding carboxylic acids is 1. The van der Waals surface area contributed by atoms with Gasteiger partial charge in [-0.25, -0.2) is 9.18 Å². The van der Waals surface area contributed by atoms with Gasteiger partial charge in [0.05, 0.1) is 19.3 Å². The third-order valence-corrected chi connectivity index (χ3v) is 7.18. The number of alkyl halides is 1. The number of hydrogen-bond donors (Lipinski definition) is 0. The summed E-state index contributed by atoms with van der Waals surface area (Å²) in [6.45, 7) is 2.67. The van der Waals surface area contributed by atoms with Gasteiger partial charge in [-0.1, -0.05) is 40.2 Å². The van der Waals surface area contributed by atoms with E-state index in [2.05, 4.69) is 45.1 Å². The number of benzene rings is 2. The fraction of sp³-hybridized carbons (Fsp3) is 0.423. The molecule has 0 atom stereocenters. The Labute approximate surface area is 196 Å². The molecule has 1 heterocycles. The highest BCUT2D eigenvalue weighted by molar-refractivity contribution is 9.11. The number of carbonyl (C=O) groups is 1. The van der Waals surface area contributed by atoms with Crippen molar-refractivity contribution in [3.63, 3.8) is 0 Å². The lowest BCUT2D eigenvalue weighted by Gasteiger charge is -2.39. The van der Waals surface area contributed by atoms with Gasteiger partial charge in [-0.2, -0.15) is 0 Å². The standard InChI is InChI=1S/C26H28BrF2NO2/c1-32-26(31)22-13-20-4-2-5-23(27)25(21(20)14-24(22)29)19-8-6-17(7-9-19)12-18-15-30(16-18)11-3-10-28/h6-9,13-14,18H,2-5,10-12,15-16H2,1H3. The number of allylic oxidation sites excluding steroid dienone is 1. The van der Waals surface area contributed by atoms with Crippen LogP contribution in [0.2, 0.25) is 0 Å². The highest BCUT2D eigenvalue weighted by Crippen LogP contribution is 2.39. The first-order chi connectivity index (χ1) is 15.5. The number of methoxy groups -OCH3 is 1. The van der Waals surface area contributed by atoms with Crippen molar-refractivity contribution in [2.45, 2.75) is 32.1 Å². The van der Waals surface area contributed by atoms with Crippen LogP contribution in [-0.4, -0.2) is 44.3 Å². The van der Waals surface area contributed by atoms with E-state index in [9.17, 15) is 13.6 Å². The molecule has 170 valence electrons. The topological polar surface area (TPSA) is 29.5 Å². The van der Waals surface area contributed by atoms with E-state index in [1.165, 1.54) is 18.7 Å². The summed E-state index contributed by atoms with van der Waals surface area (Å²) in [5.41, 5.74) is 5.08. The van der Waals surface area contributed by atoms with E-state index < -0.39 is 11.8 Å². The molecule has 0 bridgehead atoms. The Bertz CT molecular complexity index is 1010. The second-order valence-corrected chi connectivity index (χ2v) is 9.64. The molecule has 3 nitrogen and oxygen atoms in total. The molecule has 2 aromatic carbocycles. The van der Waals surface area contributed by atoms with Crippen LogP contribution in [0.4, 0.5) is 8.78 Å². The molecule has 4 rings (SSSR count). The third-order valence-electron chi connectivity index (χ3n) is 6.39. The molecule has 6 heteroatoms. The number of aryl methyl sites for hydroxylation is 1. The Hall–Kier alpha value is -2.05. The van der Waals surface area contributed by atoms with E-state index in [4.69, 9.17) is 4.74 Å². The Morgan fingerprint density at radius 1 is 1.19 bits per heavy atom. The summed E-state index contributed by atoms with van der Waals surface area (Å²) >= 11 is 3.74. The number of nitrogens with zero attached hydrogens (tertiary/aromatic N) is 1. The summed E-state index contributed by atoms with van der Waals surface area (Å²) in [6, 6.07) is 11.6. The summed E-state index contributed by atoms with van der Waals surface area (Å²) in [5, 5.41) is 0. The molecule has 1 aliphatic heterocycles. The average Bonchev–Trinajstić information content (AvgIpc) is 2.92. The molecule has 1 fully saturated rings. The molecule has 0 N–H and O–H groups in total. The summed E-state index contributed by atoms with van der Waals surface area (Å²) in [5.74, 6) is -0.590. The van der Waals surface area contributed by atoms with Gasteiger partial charge in [0.15, 0.2) is 0 Å². The number of halogens is 3. The quantitative estimate of drug-likeness (QED) is 0.438. The number of hydrogen-bond acceptors (Lipinski definition) is 3. The second kappa shape index (κ2) is 10.3. The summed E-state index contributed by atoms with van der Waals surface area (Å²) in [7, 11) is 1.27. The molecule has 1 aliphatic carbocycles. The van der Waals surface area contributed by atoms with Gasteiger partial charge >= 0.3 is 5.97 Å². The lowest BCUT2D eigenvalue weighted by molar-refractivity contribution is 0.0595. The van der Waals surface area contributed by atoms with Crippen molar-refractivity contribution in [1.29, 1.82) is 0 Å². The highest BCUT2D eigenvalue weighted by Gasteiger charge is 2.26. The van der Waals surface area contributed by atoms with Gasteiger partial charge in [-0.05, 0) is 78.0 Å². The van der Waals surface area contributed by atoms with Crippen LogP contribution in [0, 0.1) is 11.7 Å². The van der Waals surface area contributed by atoms with Crippen LogP contribution < -0.4 is 0 Å². The van der Waals surface area contributed by atoms with Gasteiger partial charge in [0.25, 0.3) is 0 Å². The minimum absolute atomic E-state index is 0.0139. The summed E-state index contributed by atoms with van der Waals surface area (Å²) in [6.07, 6.45) is 4.19. The minimum Gasteiger partial charge on any atom is -0.465 e. The molecule has 0 aromatic heterocycles. The Morgan fingerprint density at radius 2 is 1.94 bits per heavy atom. The fourth-order valence-corrected chi connectivity index (χ4v) is 5.48. The molecule has 0 amide bonds. The van der Waals surface area contributed by atoms with Crippen LogP contribution in [-0.2, 0) is 17.6 Å². The van der Waals surface area contributed by atoms with Crippen molar-refractivity contribution in [2.75, 3.05) is 33.4 Å². The molecule has 2 aromatic rings. The number of likely N-dealkylation sites (tertiary alicyclic amines) is 1.